The zero-order chi connectivity index (χ0) is 19.3. The van der Waals surface area contributed by atoms with E-state index in [9.17, 15) is 13.2 Å². The topological polar surface area (TPSA) is 98.5 Å². The molecule has 0 fully saturated rings. The predicted molar refractivity (Wildman–Crippen MR) is 101 cm³/mol. The molecule has 2 unspecified atom stereocenters. The van der Waals surface area contributed by atoms with Crippen molar-refractivity contribution in [2.45, 2.75) is 23.9 Å². The van der Waals surface area contributed by atoms with E-state index in [1.54, 1.807) is 18.2 Å². The Kier molecular flexibility index (Phi) is 6.52. The van der Waals surface area contributed by atoms with Crippen molar-refractivity contribution in [1.82, 2.24) is 5.32 Å². The van der Waals surface area contributed by atoms with Crippen LogP contribution < -0.4 is 11.1 Å². The Balaban J connectivity index is 2.44. The molecule has 2 aromatic rings. The monoisotopic (exact) mass is 376 g/mol. The standard InChI is InChI=1S/C19H24N2O4S/c1-13-7-9-14(10-8-13)18(21-19(22)17(20)12-25-2)15-5-4-6-16(11-15)26(3,23)24/h4-11,17-18H,12,20H2,1-3H3,(H,21,22). The fourth-order valence-corrected chi connectivity index (χ4v) is 3.22. The molecule has 0 bridgehead atoms. The van der Waals surface area contributed by atoms with Crippen molar-refractivity contribution < 1.29 is 17.9 Å². The molecule has 0 spiro atoms. The summed E-state index contributed by atoms with van der Waals surface area (Å²) in [6, 6.07) is 12.9. The van der Waals surface area contributed by atoms with Crippen molar-refractivity contribution in [3.8, 4) is 0 Å². The Morgan fingerprint density at radius 2 is 1.81 bits per heavy atom. The van der Waals surface area contributed by atoms with Crippen LogP contribution in [0.1, 0.15) is 22.7 Å². The van der Waals surface area contributed by atoms with E-state index in [-0.39, 0.29) is 17.4 Å². The molecule has 6 nitrogen and oxygen atoms in total. The number of ether oxygens (including phenoxy) is 1. The third-order valence-corrected chi connectivity index (χ3v) is 5.11. The van der Waals surface area contributed by atoms with Gasteiger partial charge in [-0.05, 0) is 30.2 Å². The highest BCUT2D eigenvalue weighted by Gasteiger charge is 2.22. The van der Waals surface area contributed by atoms with E-state index in [1.165, 1.54) is 13.2 Å². The van der Waals surface area contributed by atoms with Crippen LogP contribution >= 0.6 is 0 Å². The van der Waals surface area contributed by atoms with Crippen LogP contribution in [0, 0.1) is 6.92 Å². The molecular weight excluding hydrogens is 352 g/mol. The number of carbonyl (C=O) groups is 1. The number of carbonyl (C=O) groups excluding carboxylic acids is 1. The lowest BCUT2D eigenvalue weighted by molar-refractivity contribution is -0.123. The summed E-state index contributed by atoms with van der Waals surface area (Å²) in [6.07, 6.45) is 1.15. The lowest BCUT2D eigenvalue weighted by Crippen LogP contribution is -2.45. The molecular formula is C19H24N2O4S. The number of benzene rings is 2. The van der Waals surface area contributed by atoms with Crippen molar-refractivity contribution in [3.63, 3.8) is 0 Å². The van der Waals surface area contributed by atoms with E-state index in [4.69, 9.17) is 10.5 Å². The summed E-state index contributed by atoms with van der Waals surface area (Å²) >= 11 is 0. The maximum atomic E-state index is 12.4. The second-order valence-corrected chi connectivity index (χ2v) is 8.27. The van der Waals surface area contributed by atoms with Gasteiger partial charge in [-0.3, -0.25) is 4.79 Å². The maximum absolute atomic E-state index is 12.4. The minimum Gasteiger partial charge on any atom is -0.383 e. The van der Waals surface area contributed by atoms with Crippen LogP contribution in [0.4, 0.5) is 0 Å². The molecule has 0 saturated carbocycles. The van der Waals surface area contributed by atoms with E-state index >= 15 is 0 Å². The van der Waals surface area contributed by atoms with Crippen LogP contribution in [0.5, 0.6) is 0 Å². The maximum Gasteiger partial charge on any atom is 0.240 e. The predicted octanol–water partition coefficient (Wildman–Crippen LogP) is 1.58. The van der Waals surface area contributed by atoms with E-state index in [0.29, 0.717) is 5.56 Å². The van der Waals surface area contributed by atoms with Crippen molar-refractivity contribution in [2.75, 3.05) is 20.0 Å². The number of methoxy groups -OCH3 is 1. The number of sulfone groups is 1. The van der Waals surface area contributed by atoms with Crippen molar-refractivity contribution in [3.05, 3.63) is 65.2 Å². The third kappa shape index (κ3) is 5.14. The zero-order valence-electron chi connectivity index (χ0n) is 15.1. The molecule has 2 aromatic carbocycles. The molecule has 3 N–H and O–H groups in total. The lowest BCUT2D eigenvalue weighted by Gasteiger charge is -2.22. The molecule has 1 amide bonds. The normalized spacial score (nSPS) is 13.8. The van der Waals surface area contributed by atoms with Gasteiger partial charge in [-0.15, -0.1) is 0 Å². The Morgan fingerprint density at radius 1 is 1.15 bits per heavy atom. The van der Waals surface area contributed by atoms with Crippen LogP contribution in [0.15, 0.2) is 53.4 Å². The molecule has 0 aliphatic carbocycles. The quantitative estimate of drug-likeness (QED) is 0.764. The first kappa shape index (κ1) is 20.1. The second kappa shape index (κ2) is 8.44. The summed E-state index contributed by atoms with van der Waals surface area (Å²) in [4.78, 5) is 12.6. The first-order chi connectivity index (χ1) is 12.2. The number of amides is 1. The summed E-state index contributed by atoms with van der Waals surface area (Å²) < 4.78 is 28.7. The van der Waals surface area contributed by atoms with E-state index in [2.05, 4.69) is 5.32 Å². The molecule has 0 radical (unpaired) electrons. The van der Waals surface area contributed by atoms with Gasteiger partial charge in [0.15, 0.2) is 9.84 Å². The second-order valence-electron chi connectivity index (χ2n) is 6.26. The van der Waals surface area contributed by atoms with Crippen LogP contribution in [-0.4, -0.2) is 40.3 Å². The number of nitrogens with two attached hydrogens (primary N) is 1. The Morgan fingerprint density at radius 3 is 2.38 bits per heavy atom. The molecule has 0 aromatic heterocycles. The number of hydrogen-bond donors (Lipinski definition) is 2. The Hall–Kier alpha value is -2.22. The lowest BCUT2D eigenvalue weighted by atomic mass is 9.97. The number of aryl methyl sites for hydroxylation is 1. The molecule has 26 heavy (non-hydrogen) atoms. The highest BCUT2D eigenvalue weighted by molar-refractivity contribution is 7.90. The molecule has 0 aliphatic rings. The van der Waals surface area contributed by atoms with Gasteiger partial charge < -0.3 is 15.8 Å². The summed E-state index contributed by atoms with van der Waals surface area (Å²) in [5, 5.41) is 2.89. The summed E-state index contributed by atoms with van der Waals surface area (Å²) in [7, 11) is -1.89. The fourth-order valence-electron chi connectivity index (χ4n) is 2.55. The van der Waals surface area contributed by atoms with E-state index in [0.717, 1.165) is 17.4 Å². The van der Waals surface area contributed by atoms with Crippen molar-refractivity contribution in [2.24, 2.45) is 5.73 Å². The number of hydrogen-bond acceptors (Lipinski definition) is 5. The van der Waals surface area contributed by atoms with Gasteiger partial charge in [0.25, 0.3) is 0 Å². The Labute approximate surface area is 154 Å². The van der Waals surface area contributed by atoms with E-state index in [1.807, 2.05) is 31.2 Å². The number of rotatable bonds is 7. The first-order valence-electron chi connectivity index (χ1n) is 8.14. The van der Waals surface area contributed by atoms with Crippen LogP contribution in [-0.2, 0) is 19.4 Å². The van der Waals surface area contributed by atoms with Gasteiger partial charge in [-0.25, -0.2) is 8.42 Å². The van der Waals surface area contributed by atoms with Crippen molar-refractivity contribution >= 4 is 15.7 Å². The average Bonchev–Trinajstić information content (AvgIpc) is 2.60. The molecule has 140 valence electrons. The summed E-state index contributed by atoms with van der Waals surface area (Å²) in [6.45, 7) is 2.06. The molecule has 2 rings (SSSR count). The number of nitrogens with one attached hydrogen (secondary N) is 1. The average molecular weight is 376 g/mol. The molecule has 7 heteroatoms. The minimum atomic E-state index is -3.36. The Bertz CT molecular complexity index is 863. The SMILES string of the molecule is COCC(N)C(=O)NC(c1ccc(C)cc1)c1cccc(S(C)(=O)=O)c1. The smallest absolute Gasteiger partial charge is 0.240 e. The highest BCUT2D eigenvalue weighted by Crippen LogP contribution is 2.25. The largest absolute Gasteiger partial charge is 0.383 e. The van der Waals surface area contributed by atoms with Crippen LogP contribution in [0.2, 0.25) is 0 Å². The third-order valence-electron chi connectivity index (χ3n) is 4.00. The van der Waals surface area contributed by atoms with Gasteiger partial charge in [-0.1, -0.05) is 42.0 Å². The summed E-state index contributed by atoms with van der Waals surface area (Å²) in [5.41, 5.74) is 8.40. The van der Waals surface area contributed by atoms with Gasteiger partial charge in [0.05, 0.1) is 17.5 Å². The van der Waals surface area contributed by atoms with Gasteiger partial charge in [0, 0.05) is 13.4 Å². The summed E-state index contributed by atoms with van der Waals surface area (Å²) in [5.74, 6) is -0.373. The first-order valence-corrected chi connectivity index (χ1v) is 10.0. The fraction of sp³-hybridized carbons (Fsp3) is 0.316. The molecule has 0 aliphatic heterocycles. The van der Waals surface area contributed by atoms with Crippen LogP contribution in [0.25, 0.3) is 0 Å². The van der Waals surface area contributed by atoms with Crippen LogP contribution in [0.3, 0.4) is 0 Å². The van der Waals surface area contributed by atoms with Gasteiger partial charge in [0.1, 0.15) is 6.04 Å². The zero-order valence-corrected chi connectivity index (χ0v) is 15.9. The van der Waals surface area contributed by atoms with Crippen molar-refractivity contribution in [1.29, 1.82) is 0 Å². The van der Waals surface area contributed by atoms with E-state index < -0.39 is 21.9 Å². The molecule has 0 heterocycles. The van der Waals surface area contributed by atoms with Gasteiger partial charge >= 0.3 is 0 Å². The van der Waals surface area contributed by atoms with Gasteiger partial charge in [0.2, 0.25) is 5.91 Å². The highest BCUT2D eigenvalue weighted by atomic mass is 32.2. The molecule has 0 saturated heterocycles. The minimum absolute atomic E-state index is 0.0931. The van der Waals surface area contributed by atoms with Gasteiger partial charge in [-0.2, -0.15) is 0 Å². The molecule has 2 atom stereocenters.